The minimum atomic E-state index is -2.67. The fourth-order valence-electron chi connectivity index (χ4n) is 1.94. The van der Waals surface area contributed by atoms with Crippen molar-refractivity contribution < 1.29 is 23.4 Å². The Hall–Kier alpha value is -2.16. The normalized spacial score (nSPS) is 11.0. The summed E-state index contributed by atoms with van der Waals surface area (Å²) < 4.78 is 31.9. The van der Waals surface area contributed by atoms with Crippen LogP contribution in [0, 0.1) is 0 Å². The summed E-state index contributed by atoms with van der Waals surface area (Å²) in [4.78, 5) is 10.7. The lowest BCUT2D eigenvalue weighted by Gasteiger charge is -2.11. The predicted molar refractivity (Wildman–Crippen MR) is 78.1 cm³/mol. The number of hydrogen-bond donors (Lipinski definition) is 0. The number of carbonyl (C=O) groups is 1. The van der Waals surface area contributed by atoms with E-state index in [1.165, 1.54) is 4.57 Å². The first-order chi connectivity index (χ1) is 11.0. The number of nitrogens with zero attached hydrogens (tertiary/aromatic N) is 3. The Kier molecular flexibility index (Phi) is 5.91. The zero-order valence-electron chi connectivity index (χ0n) is 12.2. The van der Waals surface area contributed by atoms with Gasteiger partial charge in [-0.3, -0.25) is 0 Å². The lowest BCUT2D eigenvalue weighted by Crippen LogP contribution is -2.24. The second-order valence-corrected chi connectivity index (χ2v) is 5.37. The van der Waals surface area contributed by atoms with E-state index in [0.717, 1.165) is 0 Å². The maximum Gasteiger partial charge on any atom is 0.291 e. The molecule has 0 N–H and O–H groups in total. The minimum absolute atomic E-state index is 0.0369. The maximum absolute atomic E-state index is 12.6. The van der Waals surface area contributed by atoms with E-state index in [4.69, 9.17) is 4.74 Å². The van der Waals surface area contributed by atoms with Gasteiger partial charge in [-0.15, -0.1) is 10.2 Å². The average Bonchev–Trinajstić information content (AvgIpc) is 2.88. The Morgan fingerprint density at radius 2 is 2.04 bits per heavy atom. The van der Waals surface area contributed by atoms with Crippen molar-refractivity contribution in [3.63, 3.8) is 0 Å². The molecule has 0 saturated heterocycles. The van der Waals surface area contributed by atoms with E-state index in [9.17, 15) is 18.7 Å². The van der Waals surface area contributed by atoms with Gasteiger partial charge in [-0.2, -0.15) is 8.78 Å². The van der Waals surface area contributed by atoms with E-state index < -0.39 is 11.7 Å². The number of carboxylic acid groups (broad SMARTS) is 1. The van der Waals surface area contributed by atoms with Crippen molar-refractivity contribution in [2.75, 3.05) is 6.61 Å². The van der Waals surface area contributed by atoms with Gasteiger partial charge in [-0.1, -0.05) is 0 Å². The van der Waals surface area contributed by atoms with E-state index in [2.05, 4.69) is 10.2 Å². The van der Waals surface area contributed by atoms with Gasteiger partial charge in [0.05, 0.1) is 6.61 Å². The summed E-state index contributed by atoms with van der Waals surface area (Å²) in [6.07, 6.45) is -0.321. The summed E-state index contributed by atoms with van der Waals surface area (Å²) >= 11 is 0.221. The average molecular weight is 342 g/mol. The van der Waals surface area contributed by atoms with E-state index in [1.54, 1.807) is 24.3 Å². The smallest absolute Gasteiger partial charge is 0.291 e. The molecular formula is C14H14F2N3O3S-. The van der Waals surface area contributed by atoms with E-state index in [0.29, 0.717) is 23.7 Å². The molecule has 0 amide bonds. The predicted octanol–water partition coefficient (Wildman–Crippen LogP) is 1.80. The number of aromatic nitrogens is 3. The molecule has 0 aliphatic heterocycles. The van der Waals surface area contributed by atoms with Crippen molar-refractivity contribution in [2.45, 2.75) is 30.8 Å². The first-order valence-electron chi connectivity index (χ1n) is 6.82. The van der Waals surface area contributed by atoms with Gasteiger partial charge in [0, 0.05) is 24.5 Å². The third-order valence-electron chi connectivity index (χ3n) is 2.87. The number of aliphatic carboxylic acids is 1. The molecule has 0 aliphatic carbocycles. The molecule has 9 heteroatoms. The molecule has 0 atom stereocenters. The van der Waals surface area contributed by atoms with Gasteiger partial charge >= 0.3 is 0 Å². The molecule has 0 fully saturated rings. The standard InChI is InChI=1S/C14H15F2N3O3S/c1-2-22-10-5-3-9(4-6-10)12-17-18-14(23-13(15)16)19(12)8-7-11(20)21/h3-6,13H,2,7-8H2,1H3,(H,20,21)/p-1. The summed E-state index contributed by atoms with van der Waals surface area (Å²) in [7, 11) is 0. The number of halogens is 2. The molecule has 0 spiro atoms. The number of rotatable bonds is 8. The van der Waals surface area contributed by atoms with Crippen LogP contribution in [0.15, 0.2) is 29.4 Å². The number of alkyl halides is 2. The molecule has 2 aromatic rings. The Morgan fingerprint density at radius 3 is 2.61 bits per heavy atom. The lowest BCUT2D eigenvalue weighted by molar-refractivity contribution is -0.305. The van der Waals surface area contributed by atoms with Crippen molar-refractivity contribution in [2.24, 2.45) is 0 Å². The topological polar surface area (TPSA) is 80.1 Å². The van der Waals surface area contributed by atoms with Gasteiger partial charge in [-0.05, 0) is 43.0 Å². The molecule has 23 heavy (non-hydrogen) atoms. The molecule has 0 unspecified atom stereocenters. The van der Waals surface area contributed by atoms with Crippen LogP contribution in [-0.2, 0) is 11.3 Å². The van der Waals surface area contributed by atoms with Gasteiger partial charge in [0.2, 0.25) is 0 Å². The Morgan fingerprint density at radius 1 is 1.35 bits per heavy atom. The molecule has 0 saturated carbocycles. The molecule has 0 bridgehead atoms. The van der Waals surface area contributed by atoms with Crippen molar-refractivity contribution in [1.82, 2.24) is 14.8 Å². The van der Waals surface area contributed by atoms with E-state index in [1.807, 2.05) is 6.92 Å². The number of carbonyl (C=O) groups excluding carboxylic acids is 1. The summed E-state index contributed by atoms with van der Waals surface area (Å²) in [5, 5.41) is 18.2. The van der Waals surface area contributed by atoms with Gasteiger partial charge < -0.3 is 19.2 Å². The van der Waals surface area contributed by atoms with Crippen molar-refractivity contribution >= 4 is 17.7 Å². The number of ether oxygens (including phenoxy) is 1. The second kappa shape index (κ2) is 7.91. The van der Waals surface area contributed by atoms with Gasteiger partial charge in [0.15, 0.2) is 11.0 Å². The zero-order chi connectivity index (χ0) is 16.8. The number of thioether (sulfide) groups is 1. The molecule has 1 aromatic carbocycles. The SMILES string of the molecule is CCOc1ccc(-c2nnc(SC(F)F)n2CCC(=O)[O-])cc1. The molecule has 0 aliphatic rings. The van der Waals surface area contributed by atoms with Crippen LogP contribution >= 0.6 is 11.8 Å². The number of carboxylic acids is 1. The van der Waals surface area contributed by atoms with Gasteiger partial charge in [0.1, 0.15) is 5.75 Å². The fourth-order valence-corrected chi connectivity index (χ4v) is 2.49. The summed E-state index contributed by atoms with van der Waals surface area (Å²) in [5.74, 6) is -2.96. The summed E-state index contributed by atoms with van der Waals surface area (Å²) in [6.45, 7) is 2.33. The highest BCUT2D eigenvalue weighted by Crippen LogP contribution is 2.29. The molecule has 1 heterocycles. The highest BCUT2D eigenvalue weighted by molar-refractivity contribution is 7.99. The maximum atomic E-state index is 12.6. The zero-order valence-corrected chi connectivity index (χ0v) is 13.1. The molecular weight excluding hydrogens is 328 g/mol. The van der Waals surface area contributed by atoms with Crippen LogP contribution in [0.1, 0.15) is 13.3 Å². The molecule has 124 valence electrons. The number of hydrogen-bond acceptors (Lipinski definition) is 6. The Bertz CT molecular complexity index is 662. The van der Waals surface area contributed by atoms with Crippen LogP contribution < -0.4 is 9.84 Å². The Balaban J connectivity index is 2.32. The molecule has 2 rings (SSSR count). The summed E-state index contributed by atoms with van der Waals surface area (Å²) in [5.41, 5.74) is 0.625. The largest absolute Gasteiger partial charge is 0.550 e. The monoisotopic (exact) mass is 342 g/mol. The molecule has 0 radical (unpaired) electrons. The third kappa shape index (κ3) is 4.65. The highest BCUT2D eigenvalue weighted by atomic mass is 32.2. The second-order valence-electron chi connectivity index (χ2n) is 4.42. The van der Waals surface area contributed by atoms with Crippen LogP contribution in [-0.4, -0.2) is 33.1 Å². The quantitative estimate of drug-likeness (QED) is 0.681. The first kappa shape index (κ1) is 17.2. The van der Waals surface area contributed by atoms with Crippen LogP contribution in [0.5, 0.6) is 5.75 Å². The Labute approximate surface area is 135 Å². The minimum Gasteiger partial charge on any atom is -0.550 e. The van der Waals surface area contributed by atoms with Crippen LogP contribution in [0.4, 0.5) is 8.78 Å². The first-order valence-corrected chi connectivity index (χ1v) is 7.70. The molecule has 6 nitrogen and oxygen atoms in total. The van der Waals surface area contributed by atoms with Gasteiger partial charge in [-0.25, -0.2) is 0 Å². The third-order valence-corrected chi connectivity index (χ3v) is 3.57. The van der Waals surface area contributed by atoms with Crippen LogP contribution in [0.2, 0.25) is 0 Å². The number of benzene rings is 1. The van der Waals surface area contributed by atoms with Crippen molar-refractivity contribution in [1.29, 1.82) is 0 Å². The van der Waals surface area contributed by atoms with E-state index in [-0.39, 0.29) is 29.9 Å². The van der Waals surface area contributed by atoms with Gasteiger partial charge in [0.25, 0.3) is 5.76 Å². The van der Waals surface area contributed by atoms with Crippen LogP contribution in [0.3, 0.4) is 0 Å². The lowest BCUT2D eigenvalue weighted by atomic mass is 10.2. The van der Waals surface area contributed by atoms with E-state index >= 15 is 0 Å². The van der Waals surface area contributed by atoms with Crippen LogP contribution in [0.25, 0.3) is 11.4 Å². The molecule has 1 aromatic heterocycles. The highest BCUT2D eigenvalue weighted by Gasteiger charge is 2.18. The van der Waals surface area contributed by atoms with Crippen molar-refractivity contribution in [3.8, 4) is 17.1 Å². The van der Waals surface area contributed by atoms with Crippen molar-refractivity contribution in [3.05, 3.63) is 24.3 Å². The fraction of sp³-hybridized carbons (Fsp3) is 0.357. The summed E-state index contributed by atoms with van der Waals surface area (Å²) in [6, 6.07) is 6.86.